The van der Waals surface area contributed by atoms with Gasteiger partial charge < -0.3 is 0 Å². The van der Waals surface area contributed by atoms with Crippen LogP contribution < -0.4 is 0 Å². The molecular weight excluding hydrogens is 192 g/mol. The molecule has 0 N–H and O–H groups in total. The van der Waals surface area contributed by atoms with E-state index in [0.29, 0.717) is 0 Å². The fraction of sp³-hybridized carbons (Fsp3) is 0.875. The fourth-order valence-electron chi connectivity index (χ4n) is 5.69. The molecule has 0 aromatic heterocycles. The van der Waals surface area contributed by atoms with Crippen LogP contribution in [0.5, 0.6) is 0 Å². The second kappa shape index (κ2) is 2.94. The van der Waals surface area contributed by atoms with Crippen molar-refractivity contribution in [2.75, 3.05) is 0 Å². The Bertz CT molecular complexity index is 342. The lowest BCUT2D eigenvalue weighted by molar-refractivity contribution is -0.198. The number of allylic oxidation sites excluding steroid dienone is 1. The standard InChI is InChI=1S/C16H24/c1-4-5-10-7-11(10)14-9(3)15-13-8(2)6-12(13)16(14)15/h8,10-16H,3-7H2,1-2H3. The Balaban J connectivity index is 1.44. The normalized spacial score (nSPS) is 61.2. The molecule has 0 amide bonds. The molecule has 4 aliphatic carbocycles. The Labute approximate surface area is 99.5 Å². The molecule has 4 rings (SSSR count). The molecule has 0 saturated heterocycles. The van der Waals surface area contributed by atoms with Crippen LogP contribution in [-0.2, 0) is 0 Å². The largest absolute Gasteiger partial charge is 0.0993 e. The second-order valence-corrected chi connectivity index (χ2v) is 7.11. The van der Waals surface area contributed by atoms with Crippen molar-refractivity contribution in [3.05, 3.63) is 12.2 Å². The van der Waals surface area contributed by atoms with Gasteiger partial charge in [-0.1, -0.05) is 38.8 Å². The van der Waals surface area contributed by atoms with Crippen LogP contribution in [-0.4, -0.2) is 0 Å². The van der Waals surface area contributed by atoms with E-state index in [-0.39, 0.29) is 0 Å². The molecule has 8 unspecified atom stereocenters. The van der Waals surface area contributed by atoms with Crippen LogP contribution in [0.3, 0.4) is 0 Å². The van der Waals surface area contributed by atoms with Crippen molar-refractivity contribution in [3.63, 3.8) is 0 Å². The van der Waals surface area contributed by atoms with E-state index in [0.717, 1.165) is 47.3 Å². The fourth-order valence-corrected chi connectivity index (χ4v) is 5.69. The summed E-state index contributed by atoms with van der Waals surface area (Å²) in [5.74, 6) is 8.48. The minimum absolute atomic E-state index is 0.982. The van der Waals surface area contributed by atoms with E-state index in [1.54, 1.807) is 12.0 Å². The van der Waals surface area contributed by atoms with Gasteiger partial charge in [-0.3, -0.25) is 0 Å². The van der Waals surface area contributed by atoms with Crippen molar-refractivity contribution in [1.29, 1.82) is 0 Å². The number of fused-ring (bicyclic) bond motifs is 4. The van der Waals surface area contributed by atoms with Gasteiger partial charge in [-0.05, 0) is 60.2 Å². The number of hydrogen-bond acceptors (Lipinski definition) is 0. The predicted molar refractivity (Wildman–Crippen MR) is 66.9 cm³/mol. The van der Waals surface area contributed by atoms with Gasteiger partial charge >= 0.3 is 0 Å². The first-order valence-corrected chi connectivity index (χ1v) is 7.42. The molecule has 0 aromatic carbocycles. The molecule has 0 radical (unpaired) electrons. The summed E-state index contributed by atoms with van der Waals surface area (Å²) >= 11 is 0. The summed E-state index contributed by atoms with van der Waals surface area (Å²) in [4.78, 5) is 0. The molecular formula is C16H24. The summed E-state index contributed by atoms with van der Waals surface area (Å²) < 4.78 is 0. The Kier molecular flexibility index (Phi) is 1.79. The summed E-state index contributed by atoms with van der Waals surface area (Å²) in [6, 6.07) is 0. The smallest absolute Gasteiger partial charge is 0.0132 e. The van der Waals surface area contributed by atoms with Gasteiger partial charge in [0, 0.05) is 0 Å². The first-order valence-electron chi connectivity index (χ1n) is 7.42. The molecule has 0 heteroatoms. The zero-order chi connectivity index (χ0) is 11.0. The minimum Gasteiger partial charge on any atom is -0.0993 e. The van der Waals surface area contributed by atoms with E-state index in [2.05, 4.69) is 20.4 Å². The maximum absolute atomic E-state index is 4.43. The second-order valence-electron chi connectivity index (χ2n) is 7.11. The van der Waals surface area contributed by atoms with Crippen LogP contribution in [0.4, 0.5) is 0 Å². The maximum Gasteiger partial charge on any atom is -0.0132 e. The van der Waals surface area contributed by atoms with Gasteiger partial charge in [0.2, 0.25) is 0 Å². The first-order chi connectivity index (χ1) is 7.74. The van der Waals surface area contributed by atoms with Crippen molar-refractivity contribution in [2.45, 2.75) is 39.5 Å². The third kappa shape index (κ3) is 0.939. The van der Waals surface area contributed by atoms with Crippen LogP contribution >= 0.6 is 0 Å². The molecule has 4 saturated carbocycles. The molecule has 4 fully saturated rings. The van der Waals surface area contributed by atoms with Crippen molar-refractivity contribution in [3.8, 4) is 0 Å². The third-order valence-electron chi connectivity index (χ3n) is 6.49. The Morgan fingerprint density at radius 2 is 1.94 bits per heavy atom. The van der Waals surface area contributed by atoms with Gasteiger partial charge in [-0.25, -0.2) is 0 Å². The van der Waals surface area contributed by atoms with Crippen LogP contribution in [0.25, 0.3) is 0 Å². The van der Waals surface area contributed by atoms with E-state index in [1.807, 2.05) is 0 Å². The average molecular weight is 216 g/mol. The van der Waals surface area contributed by atoms with Crippen LogP contribution in [0, 0.1) is 47.3 Å². The SMILES string of the molecule is C=C1C(C2CC2CCC)C2C3CC(C)C3C12. The third-order valence-corrected chi connectivity index (χ3v) is 6.49. The molecule has 8 atom stereocenters. The lowest BCUT2D eigenvalue weighted by atomic mass is 9.31. The monoisotopic (exact) mass is 216 g/mol. The summed E-state index contributed by atoms with van der Waals surface area (Å²) in [7, 11) is 0. The van der Waals surface area contributed by atoms with Crippen LogP contribution in [0.1, 0.15) is 39.5 Å². The van der Waals surface area contributed by atoms with Gasteiger partial charge in [0.25, 0.3) is 0 Å². The maximum atomic E-state index is 4.43. The molecule has 0 heterocycles. The van der Waals surface area contributed by atoms with Gasteiger partial charge in [0.15, 0.2) is 0 Å². The van der Waals surface area contributed by atoms with E-state index >= 15 is 0 Å². The molecule has 0 aliphatic heterocycles. The molecule has 0 bridgehead atoms. The van der Waals surface area contributed by atoms with Crippen molar-refractivity contribution in [2.24, 2.45) is 47.3 Å². The molecule has 0 spiro atoms. The Morgan fingerprint density at radius 1 is 1.12 bits per heavy atom. The topological polar surface area (TPSA) is 0 Å². The van der Waals surface area contributed by atoms with Crippen molar-refractivity contribution >= 4 is 0 Å². The molecule has 88 valence electrons. The summed E-state index contributed by atoms with van der Waals surface area (Å²) in [6.45, 7) is 9.22. The van der Waals surface area contributed by atoms with Gasteiger partial charge in [-0.15, -0.1) is 0 Å². The molecule has 0 nitrogen and oxygen atoms in total. The minimum atomic E-state index is 0.982. The highest BCUT2D eigenvalue weighted by atomic mass is 14.7. The molecule has 0 aromatic rings. The highest BCUT2D eigenvalue weighted by Gasteiger charge is 2.70. The van der Waals surface area contributed by atoms with E-state index in [4.69, 9.17) is 0 Å². The van der Waals surface area contributed by atoms with E-state index < -0.39 is 0 Å². The predicted octanol–water partition coefficient (Wildman–Crippen LogP) is 4.13. The summed E-state index contributed by atoms with van der Waals surface area (Å²) in [5.41, 5.74) is 1.68. The zero-order valence-electron chi connectivity index (χ0n) is 10.7. The van der Waals surface area contributed by atoms with Gasteiger partial charge in [-0.2, -0.15) is 0 Å². The Hall–Kier alpha value is -0.260. The average Bonchev–Trinajstić information content (AvgIpc) is 2.97. The lowest BCUT2D eigenvalue weighted by Gasteiger charge is -2.73. The molecule has 16 heavy (non-hydrogen) atoms. The molecule has 4 aliphatic rings. The summed E-state index contributed by atoms with van der Waals surface area (Å²) in [6.07, 6.45) is 5.95. The zero-order valence-corrected chi connectivity index (χ0v) is 10.7. The van der Waals surface area contributed by atoms with Gasteiger partial charge in [0.1, 0.15) is 0 Å². The van der Waals surface area contributed by atoms with Crippen LogP contribution in [0.15, 0.2) is 12.2 Å². The van der Waals surface area contributed by atoms with E-state index in [9.17, 15) is 0 Å². The van der Waals surface area contributed by atoms with E-state index in [1.165, 1.54) is 19.3 Å². The van der Waals surface area contributed by atoms with Crippen LogP contribution in [0.2, 0.25) is 0 Å². The highest BCUT2D eigenvalue weighted by Crippen LogP contribution is 2.76. The van der Waals surface area contributed by atoms with Crippen molar-refractivity contribution < 1.29 is 0 Å². The lowest BCUT2D eigenvalue weighted by Crippen LogP contribution is -2.67. The quantitative estimate of drug-likeness (QED) is 0.622. The van der Waals surface area contributed by atoms with Gasteiger partial charge in [0.05, 0.1) is 0 Å². The van der Waals surface area contributed by atoms with Crippen molar-refractivity contribution in [1.82, 2.24) is 0 Å². The summed E-state index contributed by atoms with van der Waals surface area (Å²) in [5, 5.41) is 0. The number of hydrogen-bond donors (Lipinski definition) is 0. The first kappa shape index (κ1) is 9.74. The number of rotatable bonds is 3. The Morgan fingerprint density at radius 3 is 2.62 bits per heavy atom. The highest BCUT2D eigenvalue weighted by molar-refractivity contribution is 5.34.